The predicted octanol–water partition coefficient (Wildman–Crippen LogP) is 3.40. The number of aromatic nitrogens is 2. The van der Waals surface area contributed by atoms with E-state index < -0.39 is 0 Å². The maximum Gasteiger partial charge on any atom is 0.270 e. The molecule has 0 saturated carbocycles. The fourth-order valence-corrected chi connectivity index (χ4v) is 3.99. The Morgan fingerprint density at radius 2 is 1.89 bits per heavy atom. The molecule has 2 amide bonds. The van der Waals surface area contributed by atoms with Crippen LogP contribution in [0.4, 0.5) is 5.69 Å². The number of hydrogen-bond donors (Lipinski definition) is 1. The van der Waals surface area contributed by atoms with Crippen molar-refractivity contribution in [2.45, 2.75) is 19.3 Å². The van der Waals surface area contributed by atoms with Crippen LogP contribution in [0.1, 0.15) is 35.3 Å². The first-order chi connectivity index (χ1) is 17.0. The molecule has 0 aliphatic carbocycles. The number of carbonyl (C=O) groups is 2. The molecule has 2 heterocycles. The summed E-state index contributed by atoms with van der Waals surface area (Å²) >= 11 is 0. The molecule has 8 heteroatoms. The summed E-state index contributed by atoms with van der Waals surface area (Å²) in [7, 11) is 4.89. The summed E-state index contributed by atoms with van der Waals surface area (Å²) in [5.74, 6) is 7.22. The van der Waals surface area contributed by atoms with Gasteiger partial charge in [-0.15, -0.1) is 0 Å². The summed E-state index contributed by atoms with van der Waals surface area (Å²) in [6, 6.07) is 14.7. The highest BCUT2D eigenvalue weighted by molar-refractivity contribution is 5.94. The Morgan fingerprint density at radius 1 is 1.09 bits per heavy atom. The van der Waals surface area contributed by atoms with E-state index in [4.69, 9.17) is 9.47 Å². The summed E-state index contributed by atoms with van der Waals surface area (Å²) in [6.45, 7) is 0.949. The minimum absolute atomic E-state index is 0.168. The first kappa shape index (κ1) is 23.9. The number of amides is 2. The Bertz CT molecular complexity index is 1280. The van der Waals surface area contributed by atoms with Crippen molar-refractivity contribution < 1.29 is 19.1 Å². The number of aryl methyl sites for hydroxylation is 1. The Morgan fingerprint density at radius 3 is 2.60 bits per heavy atom. The van der Waals surface area contributed by atoms with Crippen molar-refractivity contribution in [1.29, 1.82) is 0 Å². The van der Waals surface area contributed by atoms with Crippen molar-refractivity contribution in [3.8, 4) is 34.6 Å². The third-order valence-electron chi connectivity index (χ3n) is 5.87. The van der Waals surface area contributed by atoms with Gasteiger partial charge in [-0.05, 0) is 61.4 Å². The summed E-state index contributed by atoms with van der Waals surface area (Å²) in [4.78, 5) is 26.6. The van der Waals surface area contributed by atoms with E-state index in [0.29, 0.717) is 29.3 Å². The SMILES string of the molecule is COc1ccc(OC)c(-c2cc(C(=O)NCC#Cc3ccc(N4CCCCC4=O)cc3)n(C)n2)c1. The molecule has 1 saturated heterocycles. The second kappa shape index (κ2) is 10.8. The van der Waals surface area contributed by atoms with Crippen LogP contribution in [0.15, 0.2) is 48.5 Å². The number of nitrogens with zero attached hydrogens (tertiary/aromatic N) is 3. The quantitative estimate of drug-likeness (QED) is 0.556. The minimum Gasteiger partial charge on any atom is -0.497 e. The molecular formula is C27H28N4O4. The van der Waals surface area contributed by atoms with Gasteiger partial charge in [0.15, 0.2) is 0 Å². The maximum absolute atomic E-state index is 12.7. The van der Waals surface area contributed by atoms with E-state index in [0.717, 1.165) is 36.2 Å². The zero-order valence-electron chi connectivity index (χ0n) is 20.1. The van der Waals surface area contributed by atoms with Crippen LogP contribution in [0, 0.1) is 11.8 Å². The molecule has 1 aliphatic rings. The molecule has 0 spiro atoms. The molecule has 0 atom stereocenters. The number of nitrogens with one attached hydrogen (secondary N) is 1. The predicted molar refractivity (Wildman–Crippen MR) is 134 cm³/mol. The Hall–Kier alpha value is -4.25. The van der Waals surface area contributed by atoms with Gasteiger partial charge in [0, 0.05) is 36.8 Å². The Labute approximate surface area is 204 Å². The average molecular weight is 473 g/mol. The second-order valence-electron chi connectivity index (χ2n) is 8.14. The highest BCUT2D eigenvalue weighted by Gasteiger charge is 2.19. The number of benzene rings is 2. The number of piperidine rings is 1. The van der Waals surface area contributed by atoms with Crippen LogP contribution in [0.25, 0.3) is 11.3 Å². The standard InChI is InChI=1S/C27H28N4O4/c1-30-24(18-23(29-30)22-17-21(34-2)13-14-25(22)35-3)27(33)28-15-6-7-19-9-11-20(12-10-19)31-16-5-4-8-26(31)32/h9-14,17-18H,4-5,8,15-16H2,1-3H3,(H,28,33). The highest BCUT2D eigenvalue weighted by Crippen LogP contribution is 2.33. The monoisotopic (exact) mass is 472 g/mol. The van der Waals surface area contributed by atoms with E-state index in [1.165, 1.54) is 4.68 Å². The summed E-state index contributed by atoms with van der Waals surface area (Å²) in [5.41, 5.74) is 3.46. The van der Waals surface area contributed by atoms with Crippen LogP contribution in [0.2, 0.25) is 0 Å². The van der Waals surface area contributed by atoms with Gasteiger partial charge in [0.2, 0.25) is 5.91 Å². The molecule has 8 nitrogen and oxygen atoms in total. The lowest BCUT2D eigenvalue weighted by Gasteiger charge is -2.26. The molecule has 1 N–H and O–H groups in total. The second-order valence-corrected chi connectivity index (χ2v) is 8.14. The molecule has 2 aromatic carbocycles. The lowest BCUT2D eigenvalue weighted by molar-refractivity contribution is -0.119. The highest BCUT2D eigenvalue weighted by atomic mass is 16.5. The normalized spacial score (nSPS) is 13.1. The van der Waals surface area contributed by atoms with Gasteiger partial charge < -0.3 is 19.7 Å². The first-order valence-electron chi connectivity index (χ1n) is 11.4. The minimum atomic E-state index is -0.277. The number of anilines is 1. The van der Waals surface area contributed by atoms with Crippen molar-refractivity contribution in [2.75, 3.05) is 32.2 Å². The van der Waals surface area contributed by atoms with E-state index in [1.807, 2.05) is 35.2 Å². The molecule has 3 aromatic rings. The topological polar surface area (TPSA) is 85.7 Å². The fourth-order valence-electron chi connectivity index (χ4n) is 3.99. The molecular weight excluding hydrogens is 444 g/mol. The van der Waals surface area contributed by atoms with Crippen molar-refractivity contribution in [3.63, 3.8) is 0 Å². The van der Waals surface area contributed by atoms with Crippen LogP contribution >= 0.6 is 0 Å². The molecule has 180 valence electrons. The third-order valence-corrected chi connectivity index (χ3v) is 5.87. The van der Waals surface area contributed by atoms with Crippen LogP contribution in [0.3, 0.4) is 0 Å². The summed E-state index contributed by atoms with van der Waals surface area (Å²) in [6.07, 6.45) is 2.59. The van der Waals surface area contributed by atoms with Crippen LogP contribution in [-0.2, 0) is 11.8 Å². The Kier molecular flexibility index (Phi) is 7.36. The molecule has 0 bridgehead atoms. The summed E-state index contributed by atoms with van der Waals surface area (Å²) < 4.78 is 12.3. The van der Waals surface area contributed by atoms with Gasteiger partial charge in [0.05, 0.1) is 26.5 Å². The lowest BCUT2D eigenvalue weighted by atomic mass is 10.1. The molecule has 1 fully saturated rings. The Balaban J connectivity index is 1.39. The maximum atomic E-state index is 12.7. The molecule has 1 aromatic heterocycles. The van der Waals surface area contributed by atoms with E-state index in [9.17, 15) is 9.59 Å². The van der Waals surface area contributed by atoms with Crippen molar-refractivity contribution in [2.24, 2.45) is 7.05 Å². The van der Waals surface area contributed by atoms with Crippen molar-refractivity contribution in [1.82, 2.24) is 15.1 Å². The third kappa shape index (κ3) is 5.46. The van der Waals surface area contributed by atoms with Crippen LogP contribution < -0.4 is 19.7 Å². The zero-order chi connectivity index (χ0) is 24.8. The number of hydrogen-bond acceptors (Lipinski definition) is 5. The molecule has 35 heavy (non-hydrogen) atoms. The first-order valence-corrected chi connectivity index (χ1v) is 11.4. The van der Waals surface area contributed by atoms with Gasteiger partial charge in [0.1, 0.15) is 17.2 Å². The van der Waals surface area contributed by atoms with Crippen molar-refractivity contribution >= 4 is 17.5 Å². The molecule has 0 unspecified atom stereocenters. The van der Waals surface area contributed by atoms with Gasteiger partial charge in [-0.3, -0.25) is 14.3 Å². The van der Waals surface area contributed by atoms with E-state index in [1.54, 1.807) is 39.5 Å². The zero-order valence-corrected chi connectivity index (χ0v) is 20.1. The van der Waals surface area contributed by atoms with Crippen molar-refractivity contribution in [3.05, 3.63) is 59.8 Å². The number of carbonyl (C=O) groups excluding carboxylic acids is 2. The van der Waals surface area contributed by atoms with Gasteiger partial charge in [-0.1, -0.05) is 11.8 Å². The number of ether oxygens (including phenoxy) is 2. The van der Waals surface area contributed by atoms with Crippen LogP contribution in [-0.4, -0.2) is 48.9 Å². The molecule has 4 rings (SSSR count). The fraction of sp³-hybridized carbons (Fsp3) is 0.296. The van der Waals surface area contributed by atoms with Gasteiger partial charge in [-0.25, -0.2) is 0 Å². The van der Waals surface area contributed by atoms with Crippen LogP contribution in [0.5, 0.6) is 11.5 Å². The summed E-state index contributed by atoms with van der Waals surface area (Å²) in [5, 5.41) is 7.28. The van der Waals surface area contributed by atoms with E-state index in [-0.39, 0.29) is 18.4 Å². The number of rotatable bonds is 6. The van der Waals surface area contributed by atoms with E-state index in [2.05, 4.69) is 22.3 Å². The molecule has 1 aliphatic heterocycles. The van der Waals surface area contributed by atoms with Gasteiger partial charge >= 0.3 is 0 Å². The largest absolute Gasteiger partial charge is 0.497 e. The van der Waals surface area contributed by atoms with Gasteiger partial charge in [-0.2, -0.15) is 5.10 Å². The molecule has 0 radical (unpaired) electrons. The van der Waals surface area contributed by atoms with Gasteiger partial charge in [0.25, 0.3) is 5.91 Å². The smallest absolute Gasteiger partial charge is 0.270 e. The average Bonchev–Trinajstić information content (AvgIpc) is 3.28. The van der Waals surface area contributed by atoms with E-state index >= 15 is 0 Å². The number of methoxy groups -OCH3 is 2. The lowest BCUT2D eigenvalue weighted by Crippen LogP contribution is -2.35.